The van der Waals surface area contributed by atoms with Gasteiger partial charge in [-0.3, -0.25) is 14.5 Å². The molecule has 1 aromatic carbocycles. The summed E-state index contributed by atoms with van der Waals surface area (Å²) in [4.78, 5) is 28.9. The van der Waals surface area contributed by atoms with Crippen molar-refractivity contribution >= 4 is 11.7 Å². The maximum atomic E-state index is 14.4. The van der Waals surface area contributed by atoms with E-state index in [-0.39, 0.29) is 12.5 Å². The third-order valence-corrected chi connectivity index (χ3v) is 6.20. The highest BCUT2D eigenvalue weighted by atomic mass is 19.4. The number of nitrogens with zero attached hydrogens (tertiary/aromatic N) is 2. The zero-order chi connectivity index (χ0) is 23.3. The Bertz CT molecular complexity index is 730. The summed E-state index contributed by atoms with van der Waals surface area (Å²) >= 11 is 0. The molecule has 7 heteroatoms. The summed E-state index contributed by atoms with van der Waals surface area (Å²) in [6.45, 7) is 9.56. The molecular formula is C24H35F3N2O2. The SMILES string of the molecule is CCCN(CCC)C(=O)CN1C(C)C(c2ccccc2)C(C(=O)C(C)C)C1C(F)(F)F. The number of hydrogen-bond donors (Lipinski definition) is 0. The summed E-state index contributed by atoms with van der Waals surface area (Å²) in [6.07, 6.45) is -3.14. The molecule has 1 heterocycles. The lowest BCUT2D eigenvalue weighted by atomic mass is 9.77. The van der Waals surface area contributed by atoms with Gasteiger partial charge in [-0.2, -0.15) is 13.2 Å². The van der Waals surface area contributed by atoms with E-state index < -0.39 is 41.8 Å². The number of Topliss-reactive ketones (excluding diaryl/α,β-unsaturated/α-hetero) is 1. The molecule has 0 bridgehead atoms. The van der Waals surface area contributed by atoms with Crippen molar-refractivity contribution in [3.05, 3.63) is 35.9 Å². The lowest BCUT2D eigenvalue weighted by molar-refractivity contribution is -0.191. The molecule has 4 nitrogen and oxygen atoms in total. The second-order valence-corrected chi connectivity index (χ2v) is 8.80. The van der Waals surface area contributed by atoms with E-state index in [1.165, 1.54) is 4.90 Å². The molecule has 4 atom stereocenters. The lowest BCUT2D eigenvalue weighted by Crippen LogP contribution is -2.52. The highest BCUT2D eigenvalue weighted by Gasteiger charge is 2.61. The minimum Gasteiger partial charge on any atom is -0.342 e. The Hall–Kier alpha value is -1.89. The molecule has 0 spiro atoms. The van der Waals surface area contributed by atoms with Crippen LogP contribution in [0.4, 0.5) is 13.2 Å². The highest BCUT2D eigenvalue weighted by Crippen LogP contribution is 2.49. The van der Waals surface area contributed by atoms with E-state index in [1.807, 2.05) is 13.8 Å². The Morgan fingerprint density at radius 3 is 2.06 bits per heavy atom. The zero-order valence-electron chi connectivity index (χ0n) is 19.2. The Morgan fingerprint density at radius 1 is 1.06 bits per heavy atom. The summed E-state index contributed by atoms with van der Waals surface area (Å²) in [5.74, 6) is -3.11. The van der Waals surface area contributed by atoms with Gasteiger partial charge in [-0.25, -0.2) is 0 Å². The Kier molecular flexibility index (Phi) is 8.69. The fraction of sp³-hybridized carbons (Fsp3) is 0.667. The van der Waals surface area contributed by atoms with E-state index in [9.17, 15) is 22.8 Å². The van der Waals surface area contributed by atoms with Gasteiger partial charge >= 0.3 is 6.18 Å². The first-order valence-electron chi connectivity index (χ1n) is 11.2. The van der Waals surface area contributed by atoms with Gasteiger partial charge in [0.15, 0.2) is 0 Å². The molecule has 2 rings (SSSR count). The van der Waals surface area contributed by atoms with Gasteiger partial charge in [0.2, 0.25) is 5.91 Å². The van der Waals surface area contributed by atoms with Crippen molar-refractivity contribution in [2.45, 2.75) is 71.6 Å². The average molecular weight is 441 g/mol. The van der Waals surface area contributed by atoms with Gasteiger partial charge < -0.3 is 4.90 Å². The summed E-state index contributed by atoms with van der Waals surface area (Å²) in [6, 6.07) is 6.34. The second kappa shape index (κ2) is 10.6. The van der Waals surface area contributed by atoms with E-state index in [4.69, 9.17) is 0 Å². The van der Waals surface area contributed by atoms with E-state index in [0.717, 1.165) is 12.8 Å². The van der Waals surface area contributed by atoms with E-state index >= 15 is 0 Å². The molecule has 1 aliphatic rings. The number of hydrogen-bond acceptors (Lipinski definition) is 3. The van der Waals surface area contributed by atoms with E-state index in [2.05, 4.69) is 0 Å². The molecule has 31 heavy (non-hydrogen) atoms. The largest absolute Gasteiger partial charge is 0.404 e. The average Bonchev–Trinajstić information content (AvgIpc) is 3.00. The lowest BCUT2D eigenvalue weighted by Gasteiger charge is -2.33. The monoisotopic (exact) mass is 440 g/mol. The van der Waals surface area contributed by atoms with Gasteiger partial charge in [-0.15, -0.1) is 0 Å². The van der Waals surface area contributed by atoms with Gasteiger partial charge in [0.1, 0.15) is 11.8 Å². The van der Waals surface area contributed by atoms with Crippen LogP contribution >= 0.6 is 0 Å². The molecule has 1 fully saturated rings. The van der Waals surface area contributed by atoms with Gasteiger partial charge in [0.05, 0.1) is 12.5 Å². The van der Waals surface area contributed by atoms with Crippen molar-refractivity contribution in [1.82, 2.24) is 9.80 Å². The van der Waals surface area contributed by atoms with Crippen LogP contribution in [0.15, 0.2) is 30.3 Å². The Balaban J connectivity index is 2.50. The number of halogens is 3. The van der Waals surface area contributed by atoms with Crippen LogP contribution < -0.4 is 0 Å². The van der Waals surface area contributed by atoms with Crippen molar-refractivity contribution in [2.24, 2.45) is 11.8 Å². The predicted molar refractivity (Wildman–Crippen MR) is 116 cm³/mol. The second-order valence-electron chi connectivity index (χ2n) is 8.80. The Morgan fingerprint density at radius 2 is 1.61 bits per heavy atom. The molecule has 0 aromatic heterocycles. The normalized spacial score (nSPS) is 24.5. The van der Waals surface area contributed by atoms with Crippen LogP contribution in [0.3, 0.4) is 0 Å². The van der Waals surface area contributed by atoms with Crippen LogP contribution in [-0.2, 0) is 9.59 Å². The molecule has 174 valence electrons. The molecule has 1 aliphatic heterocycles. The molecule has 1 amide bonds. The first-order chi connectivity index (χ1) is 14.5. The maximum Gasteiger partial charge on any atom is 0.404 e. The number of carbonyl (C=O) groups excluding carboxylic acids is 2. The minimum atomic E-state index is -4.62. The van der Waals surface area contributed by atoms with Gasteiger partial charge in [0, 0.05) is 31.0 Å². The summed E-state index contributed by atoms with van der Waals surface area (Å²) < 4.78 is 43.1. The van der Waals surface area contributed by atoms with Crippen molar-refractivity contribution < 1.29 is 22.8 Å². The first kappa shape index (κ1) is 25.4. The van der Waals surface area contributed by atoms with E-state index in [0.29, 0.717) is 18.7 Å². The number of amides is 1. The topological polar surface area (TPSA) is 40.6 Å². The van der Waals surface area contributed by atoms with Crippen molar-refractivity contribution in [2.75, 3.05) is 19.6 Å². The summed E-state index contributed by atoms with van der Waals surface area (Å²) in [5.41, 5.74) is 0.706. The number of ketones is 1. The van der Waals surface area contributed by atoms with Crippen LogP contribution in [0.5, 0.6) is 0 Å². The third kappa shape index (κ3) is 5.68. The Labute approximate surface area is 183 Å². The predicted octanol–water partition coefficient (Wildman–Crippen LogP) is 4.90. The van der Waals surface area contributed by atoms with Crippen LogP contribution in [0.2, 0.25) is 0 Å². The van der Waals surface area contributed by atoms with Crippen molar-refractivity contribution in [3.8, 4) is 0 Å². The number of benzene rings is 1. The summed E-state index contributed by atoms with van der Waals surface area (Å²) in [7, 11) is 0. The summed E-state index contributed by atoms with van der Waals surface area (Å²) in [5, 5.41) is 0. The van der Waals surface area contributed by atoms with Crippen molar-refractivity contribution in [1.29, 1.82) is 0 Å². The van der Waals surface area contributed by atoms with Crippen LogP contribution in [0.1, 0.15) is 58.9 Å². The zero-order valence-corrected chi connectivity index (χ0v) is 19.2. The molecule has 0 aliphatic carbocycles. The van der Waals surface area contributed by atoms with Gasteiger partial charge in [0.25, 0.3) is 0 Å². The van der Waals surface area contributed by atoms with E-state index in [1.54, 1.807) is 56.0 Å². The number of carbonyl (C=O) groups is 2. The fourth-order valence-electron chi connectivity index (χ4n) is 4.83. The minimum absolute atomic E-state index is 0.311. The molecular weight excluding hydrogens is 405 g/mol. The van der Waals surface area contributed by atoms with Crippen LogP contribution in [-0.4, -0.2) is 59.4 Å². The third-order valence-electron chi connectivity index (χ3n) is 6.20. The van der Waals surface area contributed by atoms with Gasteiger partial charge in [-0.05, 0) is 25.3 Å². The fourth-order valence-corrected chi connectivity index (χ4v) is 4.83. The van der Waals surface area contributed by atoms with Crippen LogP contribution in [0.25, 0.3) is 0 Å². The first-order valence-corrected chi connectivity index (χ1v) is 11.2. The van der Waals surface area contributed by atoms with Crippen LogP contribution in [0, 0.1) is 11.8 Å². The quantitative estimate of drug-likeness (QED) is 0.549. The number of rotatable bonds is 9. The van der Waals surface area contributed by atoms with Crippen molar-refractivity contribution in [3.63, 3.8) is 0 Å². The van der Waals surface area contributed by atoms with Gasteiger partial charge in [-0.1, -0.05) is 58.0 Å². The highest BCUT2D eigenvalue weighted by molar-refractivity contribution is 5.86. The number of alkyl halides is 3. The molecule has 4 unspecified atom stereocenters. The maximum absolute atomic E-state index is 14.4. The molecule has 1 saturated heterocycles. The smallest absolute Gasteiger partial charge is 0.342 e. The number of likely N-dealkylation sites (tertiary alicyclic amines) is 1. The molecule has 1 aromatic rings. The molecule has 0 radical (unpaired) electrons. The molecule has 0 saturated carbocycles. The standard InChI is InChI=1S/C24H35F3N2O2/c1-6-13-28(14-7-2)19(30)15-29-17(5)20(18-11-9-8-10-12-18)21(22(31)16(3)4)23(29)24(25,26)27/h8-12,16-17,20-21,23H,6-7,13-15H2,1-5H3. The molecule has 0 N–H and O–H groups in total.